The summed E-state index contributed by atoms with van der Waals surface area (Å²) in [6.07, 6.45) is 3.81. The van der Waals surface area contributed by atoms with Gasteiger partial charge in [-0.25, -0.2) is 0 Å². The second-order valence-corrected chi connectivity index (χ2v) is 5.05. The Morgan fingerprint density at radius 2 is 1.93 bits per heavy atom. The van der Waals surface area contributed by atoms with Crippen LogP contribution < -0.4 is 5.73 Å². The number of rotatable bonds is 3. The number of hydrogen-bond acceptors (Lipinski definition) is 3. The molecule has 14 heavy (non-hydrogen) atoms. The highest BCUT2D eigenvalue weighted by molar-refractivity contribution is 4.97. The quantitative estimate of drug-likeness (QED) is 0.723. The minimum absolute atomic E-state index is 0.189. The predicted octanol–water partition coefficient (Wildman–Crippen LogP) is 1.29. The molecule has 0 aromatic heterocycles. The van der Waals surface area contributed by atoms with Gasteiger partial charge in [-0.2, -0.15) is 0 Å². The van der Waals surface area contributed by atoms with Gasteiger partial charge >= 0.3 is 0 Å². The van der Waals surface area contributed by atoms with Crippen molar-refractivity contribution in [3.8, 4) is 0 Å². The topological polar surface area (TPSA) is 55.5 Å². The normalized spacial score (nSPS) is 34.5. The van der Waals surface area contributed by atoms with Crippen molar-refractivity contribution in [1.29, 1.82) is 0 Å². The molecule has 0 saturated heterocycles. The Labute approximate surface area is 86.6 Å². The zero-order valence-electron chi connectivity index (χ0n) is 9.55. The highest BCUT2D eigenvalue weighted by Crippen LogP contribution is 2.41. The predicted molar refractivity (Wildman–Crippen MR) is 57.1 cm³/mol. The molecule has 3 N–H and O–H groups in total. The molecule has 0 heterocycles. The third kappa shape index (κ3) is 2.10. The Morgan fingerprint density at radius 3 is 2.29 bits per heavy atom. The van der Waals surface area contributed by atoms with Gasteiger partial charge in [0.15, 0.2) is 0 Å². The molecular formula is C11H23NO2. The van der Waals surface area contributed by atoms with Gasteiger partial charge in [0.25, 0.3) is 0 Å². The fraction of sp³-hybridized carbons (Fsp3) is 1.00. The van der Waals surface area contributed by atoms with Gasteiger partial charge in [0.1, 0.15) is 0 Å². The van der Waals surface area contributed by atoms with Crippen molar-refractivity contribution in [2.45, 2.75) is 51.2 Å². The van der Waals surface area contributed by atoms with E-state index in [1.165, 1.54) is 0 Å². The molecule has 1 aliphatic carbocycles. The summed E-state index contributed by atoms with van der Waals surface area (Å²) in [5.74, 6) is 0. The molecule has 0 aromatic rings. The van der Waals surface area contributed by atoms with E-state index in [0.717, 1.165) is 25.7 Å². The van der Waals surface area contributed by atoms with Crippen LogP contribution in [0.2, 0.25) is 0 Å². The van der Waals surface area contributed by atoms with Crippen LogP contribution in [0.25, 0.3) is 0 Å². The Bertz CT molecular complexity index is 184. The maximum atomic E-state index is 10.5. The molecule has 0 bridgehead atoms. The van der Waals surface area contributed by atoms with Crippen molar-refractivity contribution >= 4 is 0 Å². The zero-order valence-corrected chi connectivity index (χ0v) is 9.55. The molecule has 84 valence electrons. The fourth-order valence-electron chi connectivity index (χ4n) is 2.17. The summed E-state index contributed by atoms with van der Waals surface area (Å²) >= 11 is 0. The first kappa shape index (κ1) is 12.0. The molecule has 3 nitrogen and oxygen atoms in total. The second-order valence-electron chi connectivity index (χ2n) is 5.05. The van der Waals surface area contributed by atoms with E-state index in [-0.39, 0.29) is 5.41 Å². The highest BCUT2D eigenvalue weighted by Gasteiger charge is 2.44. The summed E-state index contributed by atoms with van der Waals surface area (Å²) in [6.45, 7) is 4.61. The molecule has 1 rings (SSSR count). The van der Waals surface area contributed by atoms with Gasteiger partial charge in [-0.15, -0.1) is 0 Å². The van der Waals surface area contributed by atoms with Crippen LogP contribution in [0.15, 0.2) is 0 Å². The monoisotopic (exact) mass is 201 g/mol. The van der Waals surface area contributed by atoms with Gasteiger partial charge in [0, 0.05) is 19.1 Å². The molecule has 0 spiro atoms. The van der Waals surface area contributed by atoms with E-state index in [9.17, 15) is 5.11 Å². The van der Waals surface area contributed by atoms with Gasteiger partial charge in [-0.3, -0.25) is 0 Å². The minimum atomic E-state index is -0.600. The van der Waals surface area contributed by atoms with Gasteiger partial charge in [0.05, 0.1) is 11.7 Å². The van der Waals surface area contributed by atoms with Crippen LogP contribution in [0.5, 0.6) is 0 Å². The smallest absolute Gasteiger partial charge is 0.0712 e. The Balaban J connectivity index is 2.61. The number of hydrogen-bond donors (Lipinski definition) is 2. The first-order valence-electron chi connectivity index (χ1n) is 5.40. The van der Waals surface area contributed by atoms with Gasteiger partial charge < -0.3 is 15.6 Å². The van der Waals surface area contributed by atoms with Gasteiger partial charge in [-0.1, -0.05) is 13.8 Å². The number of aliphatic hydroxyl groups is 1. The Kier molecular flexibility index (Phi) is 3.56. The van der Waals surface area contributed by atoms with E-state index in [1.807, 2.05) is 13.8 Å². The molecule has 0 amide bonds. The average Bonchev–Trinajstić information content (AvgIpc) is 2.19. The molecule has 1 saturated carbocycles. The molecule has 0 aliphatic heterocycles. The highest BCUT2D eigenvalue weighted by atomic mass is 16.5. The standard InChI is InChI=1S/C11H23NO2/c1-10(2,8-12)11(13)6-4-9(14-3)5-7-11/h9,13H,4-8,12H2,1-3H3. The van der Waals surface area contributed by atoms with Gasteiger partial charge in [0.2, 0.25) is 0 Å². The van der Waals surface area contributed by atoms with Crippen LogP contribution in [-0.2, 0) is 4.74 Å². The van der Waals surface area contributed by atoms with Crippen molar-refractivity contribution in [1.82, 2.24) is 0 Å². The summed E-state index contributed by atoms with van der Waals surface area (Å²) in [6, 6.07) is 0. The van der Waals surface area contributed by atoms with Crippen molar-refractivity contribution in [2.75, 3.05) is 13.7 Å². The van der Waals surface area contributed by atoms with Crippen LogP contribution in [0, 0.1) is 5.41 Å². The lowest BCUT2D eigenvalue weighted by Crippen LogP contribution is -2.51. The van der Waals surface area contributed by atoms with E-state index in [2.05, 4.69) is 0 Å². The SMILES string of the molecule is COC1CCC(O)(C(C)(C)CN)CC1. The van der Waals surface area contributed by atoms with Crippen molar-refractivity contribution < 1.29 is 9.84 Å². The molecule has 1 fully saturated rings. The first-order valence-corrected chi connectivity index (χ1v) is 5.40. The van der Waals surface area contributed by atoms with Crippen LogP contribution >= 0.6 is 0 Å². The molecule has 3 heteroatoms. The minimum Gasteiger partial charge on any atom is -0.389 e. The number of nitrogens with two attached hydrogens (primary N) is 1. The number of ether oxygens (including phenoxy) is 1. The lowest BCUT2D eigenvalue weighted by Gasteiger charge is -2.46. The van der Waals surface area contributed by atoms with E-state index < -0.39 is 5.60 Å². The molecule has 1 aliphatic rings. The van der Waals surface area contributed by atoms with Crippen LogP contribution in [0.3, 0.4) is 0 Å². The largest absolute Gasteiger partial charge is 0.389 e. The maximum Gasteiger partial charge on any atom is 0.0712 e. The van der Waals surface area contributed by atoms with Gasteiger partial charge in [-0.05, 0) is 25.7 Å². The summed E-state index contributed by atoms with van der Waals surface area (Å²) in [5.41, 5.74) is 4.91. The van der Waals surface area contributed by atoms with E-state index in [0.29, 0.717) is 12.6 Å². The first-order chi connectivity index (χ1) is 6.45. The van der Waals surface area contributed by atoms with E-state index >= 15 is 0 Å². The van der Waals surface area contributed by atoms with E-state index in [4.69, 9.17) is 10.5 Å². The van der Waals surface area contributed by atoms with Crippen LogP contribution in [0.4, 0.5) is 0 Å². The van der Waals surface area contributed by atoms with Crippen LogP contribution in [-0.4, -0.2) is 30.5 Å². The summed E-state index contributed by atoms with van der Waals surface area (Å²) in [5, 5.41) is 10.5. The van der Waals surface area contributed by atoms with Crippen LogP contribution in [0.1, 0.15) is 39.5 Å². The third-order valence-corrected chi connectivity index (χ3v) is 3.86. The third-order valence-electron chi connectivity index (χ3n) is 3.86. The molecule has 0 atom stereocenters. The summed E-state index contributed by atoms with van der Waals surface area (Å²) in [4.78, 5) is 0. The average molecular weight is 201 g/mol. The molecule has 0 aromatic carbocycles. The maximum absolute atomic E-state index is 10.5. The molecule has 0 radical (unpaired) electrons. The molecular weight excluding hydrogens is 178 g/mol. The summed E-state index contributed by atoms with van der Waals surface area (Å²) < 4.78 is 5.29. The Morgan fingerprint density at radius 1 is 1.43 bits per heavy atom. The second kappa shape index (κ2) is 4.17. The summed E-state index contributed by atoms with van der Waals surface area (Å²) in [7, 11) is 1.74. The number of methoxy groups -OCH3 is 1. The van der Waals surface area contributed by atoms with Crippen molar-refractivity contribution in [2.24, 2.45) is 11.1 Å². The zero-order chi connectivity index (χ0) is 10.8. The molecule has 0 unspecified atom stereocenters. The Hall–Kier alpha value is -0.120. The van der Waals surface area contributed by atoms with Crippen molar-refractivity contribution in [3.63, 3.8) is 0 Å². The van der Waals surface area contributed by atoms with E-state index in [1.54, 1.807) is 7.11 Å². The fourth-order valence-corrected chi connectivity index (χ4v) is 2.17. The lowest BCUT2D eigenvalue weighted by atomic mass is 9.66. The lowest BCUT2D eigenvalue weighted by molar-refractivity contribution is -0.112. The van der Waals surface area contributed by atoms with Crippen molar-refractivity contribution in [3.05, 3.63) is 0 Å².